The molecule has 0 unspecified atom stereocenters. The molecule has 1 aliphatic heterocycles. The van der Waals surface area contributed by atoms with E-state index in [1.807, 2.05) is 42.5 Å². The number of carbonyl (C=O) groups excluding carboxylic acids is 1. The Morgan fingerprint density at radius 2 is 1.63 bits per heavy atom. The molecule has 1 N–H and O–H groups in total. The molecule has 4 heteroatoms. The summed E-state index contributed by atoms with van der Waals surface area (Å²) < 4.78 is 0. The lowest BCUT2D eigenvalue weighted by Gasteiger charge is -2.18. The zero-order chi connectivity index (χ0) is 18.8. The Morgan fingerprint density at radius 3 is 2.33 bits per heavy atom. The van der Waals surface area contributed by atoms with Crippen LogP contribution in [0.25, 0.3) is 0 Å². The third kappa shape index (κ3) is 3.90. The molecule has 2 aromatic rings. The number of hydrogen-bond acceptors (Lipinski definition) is 2. The van der Waals surface area contributed by atoms with Gasteiger partial charge in [0.2, 0.25) is 0 Å². The Hall–Kier alpha value is -2.62. The highest BCUT2D eigenvalue weighted by Gasteiger charge is 2.47. The fourth-order valence-corrected chi connectivity index (χ4v) is 4.30. The van der Waals surface area contributed by atoms with Crippen LogP contribution in [0.4, 0.5) is 0 Å². The van der Waals surface area contributed by atoms with Crippen LogP contribution < -0.4 is 0 Å². The molecule has 2 aliphatic rings. The highest BCUT2D eigenvalue weighted by molar-refractivity contribution is 5.96. The third-order valence-electron chi connectivity index (χ3n) is 5.97. The van der Waals surface area contributed by atoms with Crippen LogP contribution in [0, 0.1) is 17.8 Å². The molecule has 4 nitrogen and oxygen atoms in total. The first-order valence-corrected chi connectivity index (χ1v) is 9.77. The Labute approximate surface area is 159 Å². The number of carboxylic acid groups (broad SMARTS) is 1. The molecule has 2 fully saturated rings. The number of carbonyl (C=O) groups is 2. The molecule has 2 aromatic carbocycles. The second kappa shape index (κ2) is 7.55. The molecule has 0 aromatic heterocycles. The molecule has 1 heterocycles. The Bertz CT molecular complexity index is 829. The van der Waals surface area contributed by atoms with E-state index in [1.54, 1.807) is 4.90 Å². The van der Waals surface area contributed by atoms with Gasteiger partial charge in [0.25, 0.3) is 5.91 Å². The van der Waals surface area contributed by atoms with E-state index >= 15 is 0 Å². The lowest BCUT2D eigenvalue weighted by molar-refractivity contribution is -0.142. The van der Waals surface area contributed by atoms with Crippen molar-refractivity contribution in [3.63, 3.8) is 0 Å². The van der Waals surface area contributed by atoms with Crippen LogP contribution in [0.5, 0.6) is 0 Å². The van der Waals surface area contributed by atoms with Gasteiger partial charge in [-0.2, -0.15) is 0 Å². The molecule has 1 amide bonds. The van der Waals surface area contributed by atoms with Gasteiger partial charge in [-0.05, 0) is 54.7 Å². The molecule has 1 saturated heterocycles. The summed E-state index contributed by atoms with van der Waals surface area (Å²) in [7, 11) is 0. The summed E-state index contributed by atoms with van der Waals surface area (Å²) in [5.74, 6) is -0.606. The first-order valence-electron chi connectivity index (χ1n) is 9.77. The van der Waals surface area contributed by atoms with Crippen molar-refractivity contribution in [3.05, 3.63) is 71.3 Å². The predicted molar refractivity (Wildman–Crippen MR) is 104 cm³/mol. The fourth-order valence-electron chi connectivity index (χ4n) is 4.30. The first kappa shape index (κ1) is 17.8. The van der Waals surface area contributed by atoms with Crippen molar-refractivity contribution in [1.82, 2.24) is 4.90 Å². The highest BCUT2D eigenvalue weighted by atomic mass is 16.4. The van der Waals surface area contributed by atoms with Crippen LogP contribution in [-0.4, -0.2) is 35.0 Å². The quantitative estimate of drug-likeness (QED) is 0.852. The van der Waals surface area contributed by atoms with Crippen LogP contribution >= 0.6 is 0 Å². The molecule has 27 heavy (non-hydrogen) atoms. The van der Waals surface area contributed by atoms with Gasteiger partial charge in [0.05, 0.1) is 5.92 Å². The predicted octanol–water partition coefficient (Wildman–Crippen LogP) is 3.65. The number of carboxylic acids is 1. The summed E-state index contributed by atoms with van der Waals surface area (Å²) in [5, 5.41) is 9.56. The lowest BCUT2D eigenvalue weighted by Crippen LogP contribution is -2.30. The van der Waals surface area contributed by atoms with Crippen molar-refractivity contribution in [2.45, 2.75) is 25.7 Å². The van der Waals surface area contributed by atoms with E-state index in [4.69, 9.17) is 0 Å². The number of benzene rings is 2. The van der Waals surface area contributed by atoms with Crippen LogP contribution in [-0.2, 0) is 17.6 Å². The normalized spacial score (nSPS) is 22.0. The van der Waals surface area contributed by atoms with Gasteiger partial charge >= 0.3 is 5.97 Å². The van der Waals surface area contributed by atoms with Gasteiger partial charge in [-0.1, -0.05) is 48.5 Å². The van der Waals surface area contributed by atoms with Crippen LogP contribution in [0.2, 0.25) is 0 Å². The van der Waals surface area contributed by atoms with E-state index in [1.165, 1.54) is 5.56 Å². The molecule has 0 bridgehead atoms. The van der Waals surface area contributed by atoms with Crippen molar-refractivity contribution >= 4 is 11.9 Å². The second-order valence-corrected chi connectivity index (χ2v) is 7.80. The summed E-state index contributed by atoms with van der Waals surface area (Å²) in [6.07, 6.45) is 3.88. The van der Waals surface area contributed by atoms with Gasteiger partial charge in [-0.25, -0.2) is 0 Å². The van der Waals surface area contributed by atoms with Gasteiger partial charge in [0.1, 0.15) is 0 Å². The van der Waals surface area contributed by atoms with Crippen molar-refractivity contribution in [1.29, 1.82) is 0 Å². The lowest BCUT2D eigenvalue weighted by atomic mass is 9.92. The minimum atomic E-state index is -0.764. The number of hydrogen-bond donors (Lipinski definition) is 1. The van der Waals surface area contributed by atoms with E-state index in [2.05, 4.69) is 12.1 Å². The number of amides is 1. The zero-order valence-corrected chi connectivity index (χ0v) is 15.4. The Morgan fingerprint density at radius 1 is 0.926 bits per heavy atom. The number of likely N-dealkylation sites (tertiary alicyclic amines) is 1. The summed E-state index contributed by atoms with van der Waals surface area (Å²) in [6, 6.07) is 18.0. The summed E-state index contributed by atoms with van der Waals surface area (Å²) >= 11 is 0. The molecule has 2 atom stereocenters. The third-order valence-corrected chi connectivity index (χ3v) is 5.97. The van der Waals surface area contributed by atoms with Gasteiger partial charge < -0.3 is 10.0 Å². The molecular formula is C23H25NO3. The Kier molecular flexibility index (Phi) is 4.97. The molecule has 1 saturated carbocycles. The van der Waals surface area contributed by atoms with E-state index in [0.717, 1.165) is 31.2 Å². The van der Waals surface area contributed by atoms with E-state index < -0.39 is 11.9 Å². The fraction of sp³-hybridized carbons (Fsp3) is 0.391. The van der Waals surface area contributed by atoms with Gasteiger partial charge in [-0.3, -0.25) is 9.59 Å². The van der Waals surface area contributed by atoms with Crippen molar-refractivity contribution in [2.75, 3.05) is 13.1 Å². The number of rotatable bonds is 6. The standard InChI is InChI=1S/C23H25NO3/c25-22(24-14-20(18-12-13-18)21(15-24)23(26)27)19-9-5-4-8-17(19)11-10-16-6-2-1-3-7-16/h1-9,18,20-21H,10-15H2,(H,26,27)/t20-,21+/m1/s1. The van der Waals surface area contributed by atoms with E-state index in [0.29, 0.717) is 24.6 Å². The van der Waals surface area contributed by atoms with Gasteiger partial charge in [-0.15, -0.1) is 0 Å². The maximum atomic E-state index is 13.2. The van der Waals surface area contributed by atoms with Crippen molar-refractivity contribution in [2.24, 2.45) is 17.8 Å². The smallest absolute Gasteiger partial charge is 0.308 e. The zero-order valence-electron chi connectivity index (χ0n) is 15.4. The Balaban J connectivity index is 1.49. The van der Waals surface area contributed by atoms with Crippen LogP contribution in [0.1, 0.15) is 34.3 Å². The maximum absolute atomic E-state index is 13.2. The summed E-state index contributed by atoms with van der Waals surface area (Å²) in [4.78, 5) is 26.6. The largest absolute Gasteiger partial charge is 0.481 e. The number of nitrogens with zero attached hydrogens (tertiary/aromatic N) is 1. The topological polar surface area (TPSA) is 57.6 Å². The minimum Gasteiger partial charge on any atom is -0.481 e. The summed E-state index contributed by atoms with van der Waals surface area (Å²) in [6.45, 7) is 0.913. The number of aliphatic carboxylic acids is 1. The molecule has 140 valence electrons. The van der Waals surface area contributed by atoms with Gasteiger partial charge in [0, 0.05) is 18.7 Å². The molecule has 0 radical (unpaired) electrons. The first-order chi connectivity index (χ1) is 13.1. The highest BCUT2D eigenvalue weighted by Crippen LogP contribution is 2.44. The average Bonchev–Trinajstić information content (AvgIpc) is 3.44. The molecular weight excluding hydrogens is 338 g/mol. The maximum Gasteiger partial charge on any atom is 0.308 e. The van der Waals surface area contributed by atoms with Crippen LogP contribution in [0.15, 0.2) is 54.6 Å². The van der Waals surface area contributed by atoms with E-state index in [-0.39, 0.29) is 11.8 Å². The SMILES string of the molecule is O=C(O)[C@H]1CN(C(=O)c2ccccc2CCc2ccccc2)C[C@@H]1C1CC1. The van der Waals surface area contributed by atoms with E-state index in [9.17, 15) is 14.7 Å². The molecule has 1 aliphatic carbocycles. The molecule has 0 spiro atoms. The van der Waals surface area contributed by atoms with Crippen molar-refractivity contribution in [3.8, 4) is 0 Å². The minimum absolute atomic E-state index is 0.0203. The van der Waals surface area contributed by atoms with Gasteiger partial charge in [0.15, 0.2) is 0 Å². The average molecular weight is 363 g/mol. The van der Waals surface area contributed by atoms with Crippen LogP contribution in [0.3, 0.4) is 0 Å². The summed E-state index contributed by atoms with van der Waals surface area (Å²) in [5.41, 5.74) is 3.00. The molecule has 4 rings (SSSR count). The monoisotopic (exact) mass is 363 g/mol. The number of aryl methyl sites for hydroxylation is 2. The second-order valence-electron chi connectivity index (χ2n) is 7.80. The van der Waals surface area contributed by atoms with Crippen molar-refractivity contribution < 1.29 is 14.7 Å².